The topological polar surface area (TPSA) is 128 Å². The Kier molecular flexibility index (Phi) is 7.84. The summed E-state index contributed by atoms with van der Waals surface area (Å²) in [7, 11) is 0. The molecule has 0 fully saturated rings. The maximum Gasteiger partial charge on any atom is 0.306 e. The summed E-state index contributed by atoms with van der Waals surface area (Å²) >= 11 is 0. The highest BCUT2D eigenvalue weighted by molar-refractivity contribution is 5.93. The molecule has 1 atom stereocenters. The van der Waals surface area contributed by atoms with Crippen LogP contribution in [0.3, 0.4) is 0 Å². The molecular formula is C20H21N3O6. The number of nitro benzene ring substituents is 1. The second-order valence-electron chi connectivity index (χ2n) is 6.22. The van der Waals surface area contributed by atoms with E-state index in [0.717, 1.165) is 5.56 Å². The van der Waals surface area contributed by atoms with Crippen molar-refractivity contribution in [2.75, 3.05) is 11.9 Å². The number of amides is 2. The van der Waals surface area contributed by atoms with Crippen molar-refractivity contribution in [1.82, 2.24) is 5.32 Å². The van der Waals surface area contributed by atoms with Gasteiger partial charge in [-0.25, -0.2) is 0 Å². The van der Waals surface area contributed by atoms with Gasteiger partial charge in [0.2, 0.25) is 5.91 Å². The third kappa shape index (κ3) is 7.41. The highest BCUT2D eigenvalue weighted by Gasteiger charge is 2.14. The number of non-ortho nitro benzene ring substituents is 1. The lowest BCUT2D eigenvalue weighted by atomic mass is 10.1. The second-order valence-corrected chi connectivity index (χ2v) is 6.22. The van der Waals surface area contributed by atoms with Gasteiger partial charge in [0, 0.05) is 24.2 Å². The Hall–Kier alpha value is -3.75. The van der Waals surface area contributed by atoms with Gasteiger partial charge in [0.1, 0.15) is 0 Å². The van der Waals surface area contributed by atoms with E-state index in [2.05, 4.69) is 10.6 Å². The highest BCUT2D eigenvalue weighted by atomic mass is 16.6. The van der Waals surface area contributed by atoms with E-state index in [9.17, 15) is 24.5 Å². The number of anilines is 1. The van der Waals surface area contributed by atoms with Crippen LogP contribution in [0.5, 0.6) is 0 Å². The highest BCUT2D eigenvalue weighted by Crippen LogP contribution is 2.17. The molecule has 2 amide bonds. The first-order chi connectivity index (χ1) is 13.8. The second kappa shape index (κ2) is 10.5. The normalized spacial score (nSPS) is 11.2. The lowest BCUT2D eigenvalue weighted by molar-refractivity contribution is -0.384. The van der Waals surface area contributed by atoms with Crippen LogP contribution in [0.25, 0.3) is 0 Å². The van der Waals surface area contributed by atoms with Crippen LogP contribution >= 0.6 is 0 Å². The Balaban J connectivity index is 1.70. The zero-order valence-electron chi connectivity index (χ0n) is 15.8. The minimum atomic E-state index is -0.693. The molecule has 0 aliphatic heterocycles. The molecule has 0 radical (unpaired) electrons. The largest absolute Gasteiger partial charge is 0.456 e. The quantitative estimate of drug-likeness (QED) is 0.379. The molecule has 29 heavy (non-hydrogen) atoms. The summed E-state index contributed by atoms with van der Waals surface area (Å²) in [5.74, 6) is -1.64. The number of carbonyl (C=O) groups excluding carboxylic acids is 3. The predicted octanol–water partition coefficient (Wildman–Crippen LogP) is 2.73. The summed E-state index contributed by atoms with van der Waals surface area (Å²) in [5.41, 5.74) is 1.02. The molecule has 9 heteroatoms. The molecule has 0 heterocycles. The number of nitrogens with zero attached hydrogens (tertiary/aromatic N) is 1. The van der Waals surface area contributed by atoms with E-state index in [-0.39, 0.29) is 30.3 Å². The summed E-state index contributed by atoms with van der Waals surface area (Å²) in [4.78, 5) is 45.6. The van der Waals surface area contributed by atoms with E-state index in [1.165, 1.54) is 24.3 Å². The molecule has 0 aliphatic rings. The summed E-state index contributed by atoms with van der Waals surface area (Å²) < 4.78 is 4.87. The van der Waals surface area contributed by atoms with Gasteiger partial charge >= 0.3 is 5.97 Å². The van der Waals surface area contributed by atoms with Crippen LogP contribution in [0.15, 0.2) is 54.6 Å². The average molecular weight is 399 g/mol. The zero-order valence-corrected chi connectivity index (χ0v) is 15.8. The van der Waals surface area contributed by atoms with Crippen LogP contribution in [-0.2, 0) is 19.1 Å². The van der Waals surface area contributed by atoms with E-state index in [4.69, 9.17) is 4.74 Å². The molecule has 0 saturated heterocycles. The van der Waals surface area contributed by atoms with Crippen molar-refractivity contribution in [3.05, 3.63) is 70.3 Å². The zero-order chi connectivity index (χ0) is 21.2. The van der Waals surface area contributed by atoms with Crippen molar-refractivity contribution >= 4 is 29.2 Å². The van der Waals surface area contributed by atoms with Crippen molar-refractivity contribution in [2.45, 2.75) is 25.8 Å². The van der Waals surface area contributed by atoms with Gasteiger partial charge < -0.3 is 15.4 Å². The van der Waals surface area contributed by atoms with Crippen molar-refractivity contribution in [3.8, 4) is 0 Å². The molecule has 0 saturated carbocycles. The van der Waals surface area contributed by atoms with Crippen LogP contribution in [0.2, 0.25) is 0 Å². The molecular weight excluding hydrogens is 378 g/mol. The lowest BCUT2D eigenvalue weighted by Gasteiger charge is -2.14. The van der Waals surface area contributed by atoms with Gasteiger partial charge in [0.25, 0.3) is 11.6 Å². The van der Waals surface area contributed by atoms with Crippen molar-refractivity contribution in [1.29, 1.82) is 0 Å². The molecule has 2 N–H and O–H groups in total. The molecule has 9 nitrogen and oxygen atoms in total. The number of ether oxygens (including phenoxy) is 1. The summed E-state index contributed by atoms with van der Waals surface area (Å²) in [6.07, 6.45) is -0.397. The number of nitrogens with one attached hydrogen (secondary N) is 2. The van der Waals surface area contributed by atoms with Crippen LogP contribution in [0, 0.1) is 10.1 Å². The van der Waals surface area contributed by atoms with Gasteiger partial charge in [0.05, 0.1) is 17.4 Å². The first kappa shape index (κ1) is 21.5. The minimum absolute atomic E-state index is 0.155. The van der Waals surface area contributed by atoms with Gasteiger partial charge in [-0.15, -0.1) is 0 Å². The van der Waals surface area contributed by atoms with E-state index >= 15 is 0 Å². The molecule has 0 spiro atoms. The monoisotopic (exact) mass is 399 g/mol. The maximum atomic E-state index is 11.9. The average Bonchev–Trinajstić information content (AvgIpc) is 2.71. The molecule has 0 aliphatic carbocycles. The molecule has 2 aromatic rings. The Labute approximate surface area is 167 Å². The number of rotatable bonds is 9. The smallest absolute Gasteiger partial charge is 0.306 e. The SMILES string of the molecule is C[C@H](NC(=O)COC(=O)CCC(=O)Nc1cccc([N+](=O)[O-])c1)c1ccccc1. The van der Waals surface area contributed by atoms with Crippen molar-refractivity contribution in [3.63, 3.8) is 0 Å². The molecule has 152 valence electrons. The van der Waals surface area contributed by atoms with E-state index in [1.54, 1.807) is 0 Å². The molecule has 2 rings (SSSR count). The van der Waals surface area contributed by atoms with Gasteiger partial charge in [-0.05, 0) is 18.6 Å². The summed E-state index contributed by atoms with van der Waals surface area (Å²) in [6.45, 7) is 1.37. The van der Waals surface area contributed by atoms with E-state index in [0.29, 0.717) is 0 Å². The number of hydrogen-bond donors (Lipinski definition) is 2. The number of carbonyl (C=O) groups is 3. The molecule has 0 unspecified atom stereocenters. The van der Waals surface area contributed by atoms with E-state index in [1.807, 2.05) is 37.3 Å². The molecule has 2 aromatic carbocycles. The Morgan fingerprint density at radius 3 is 2.45 bits per heavy atom. The Bertz CT molecular complexity index is 885. The maximum absolute atomic E-state index is 11.9. The van der Waals surface area contributed by atoms with Crippen LogP contribution < -0.4 is 10.6 Å². The predicted molar refractivity (Wildman–Crippen MR) is 105 cm³/mol. The van der Waals surface area contributed by atoms with Crippen LogP contribution in [0.1, 0.15) is 31.4 Å². The number of esters is 1. The molecule has 0 aromatic heterocycles. The fraction of sp³-hybridized carbons (Fsp3) is 0.250. The lowest BCUT2D eigenvalue weighted by Crippen LogP contribution is -2.31. The van der Waals surface area contributed by atoms with Gasteiger partial charge in [0.15, 0.2) is 6.61 Å². The third-order valence-electron chi connectivity index (χ3n) is 3.94. The Morgan fingerprint density at radius 2 is 1.76 bits per heavy atom. The Morgan fingerprint density at radius 1 is 1.03 bits per heavy atom. The molecule has 0 bridgehead atoms. The van der Waals surface area contributed by atoms with Crippen LogP contribution in [-0.4, -0.2) is 29.3 Å². The number of hydrogen-bond acceptors (Lipinski definition) is 6. The van der Waals surface area contributed by atoms with Crippen molar-refractivity contribution < 1.29 is 24.0 Å². The summed E-state index contributed by atoms with van der Waals surface area (Å²) in [6, 6.07) is 14.6. The fourth-order valence-electron chi connectivity index (χ4n) is 2.46. The number of nitro groups is 1. The standard InChI is InChI=1S/C20H21N3O6/c1-14(15-6-3-2-4-7-15)21-19(25)13-29-20(26)11-10-18(24)22-16-8-5-9-17(12-16)23(27)28/h2-9,12,14H,10-11,13H2,1H3,(H,21,25)(H,22,24)/t14-/m0/s1. The first-order valence-electron chi connectivity index (χ1n) is 8.89. The fourth-order valence-corrected chi connectivity index (χ4v) is 2.46. The third-order valence-corrected chi connectivity index (χ3v) is 3.94. The van der Waals surface area contributed by atoms with Crippen molar-refractivity contribution in [2.24, 2.45) is 0 Å². The van der Waals surface area contributed by atoms with E-state index < -0.39 is 29.3 Å². The van der Waals surface area contributed by atoms with Gasteiger partial charge in [-0.3, -0.25) is 24.5 Å². The summed E-state index contributed by atoms with van der Waals surface area (Å²) in [5, 5.41) is 15.9. The van der Waals surface area contributed by atoms with Gasteiger partial charge in [-0.2, -0.15) is 0 Å². The van der Waals surface area contributed by atoms with Gasteiger partial charge in [-0.1, -0.05) is 36.4 Å². The van der Waals surface area contributed by atoms with Crippen LogP contribution in [0.4, 0.5) is 11.4 Å². The first-order valence-corrected chi connectivity index (χ1v) is 8.89. The minimum Gasteiger partial charge on any atom is -0.456 e. The number of benzene rings is 2.